The van der Waals surface area contributed by atoms with Gasteiger partial charge in [-0.3, -0.25) is 4.79 Å². The van der Waals surface area contributed by atoms with E-state index in [2.05, 4.69) is 10.6 Å². The Morgan fingerprint density at radius 3 is 2.76 bits per heavy atom. The Bertz CT molecular complexity index is 493. The molecule has 2 atom stereocenters. The lowest BCUT2D eigenvalue weighted by Gasteiger charge is -2.26. The molecule has 0 bridgehead atoms. The minimum absolute atomic E-state index is 0.0451. The summed E-state index contributed by atoms with van der Waals surface area (Å²) in [6, 6.07) is 6.64. The Morgan fingerprint density at radius 1 is 1.29 bits per heavy atom. The highest BCUT2D eigenvalue weighted by atomic mass is 19.1. The smallest absolute Gasteiger partial charge is 0.224 e. The second-order valence-corrected chi connectivity index (χ2v) is 6.28. The lowest BCUT2D eigenvalue weighted by Crippen LogP contribution is -2.37. The van der Waals surface area contributed by atoms with Crippen LogP contribution in [-0.2, 0) is 4.79 Å². The number of halogens is 1. The maximum Gasteiger partial charge on any atom is 0.224 e. The van der Waals surface area contributed by atoms with Gasteiger partial charge in [-0.2, -0.15) is 0 Å². The van der Waals surface area contributed by atoms with Gasteiger partial charge in [0.2, 0.25) is 5.91 Å². The van der Waals surface area contributed by atoms with Gasteiger partial charge < -0.3 is 10.6 Å². The van der Waals surface area contributed by atoms with E-state index >= 15 is 0 Å². The largest absolute Gasteiger partial charge is 0.349 e. The van der Waals surface area contributed by atoms with Crippen molar-refractivity contribution in [2.45, 2.75) is 38.1 Å². The quantitative estimate of drug-likeness (QED) is 0.895. The molecule has 114 valence electrons. The molecule has 3 nitrogen and oxygen atoms in total. The molecule has 2 aliphatic rings. The Labute approximate surface area is 125 Å². The fourth-order valence-corrected chi connectivity index (χ4v) is 3.61. The summed E-state index contributed by atoms with van der Waals surface area (Å²) in [5.74, 6) is 0.376. The third-order valence-corrected chi connectivity index (χ3v) is 4.81. The molecule has 1 aliphatic heterocycles. The van der Waals surface area contributed by atoms with Crippen LogP contribution in [0.25, 0.3) is 0 Å². The van der Waals surface area contributed by atoms with E-state index in [4.69, 9.17) is 0 Å². The molecule has 1 aromatic carbocycles. The maximum atomic E-state index is 13.5. The summed E-state index contributed by atoms with van der Waals surface area (Å²) in [4.78, 5) is 12.4. The molecular formula is C17H23FN2O. The van der Waals surface area contributed by atoms with Crippen LogP contribution in [0.15, 0.2) is 24.3 Å². The molecule has 0 radical (unpaired) electrons. The molecule has 1 saturated carbocycles. The molecule has 0 spiro atoms. The summed E-state index contributed by atoms with van der Waals surface area (Å²) in [5, 5.41) is 6.42. The zero-order valence-corrected chi connectivity index (χ0v) is 12.3. The van der Waals surface area contributed by atoms with Crippen LogP contribution in [0, 0.1) is 17.7 Å². The average molecular weight is 290 g/mol. The van der Waals surface area contributed by atoms with Crippen LogP contribution in [0.1, 0.15) is 43.7 Å². The van der Waals surface area contributed by atoms with Gasteiger partial charge in [-0.15, -0.1) is 0 Å². The topological polar surface area (TPSA) is 41.1 Å². The van der Waals surface area contributed by atoms with Gasteiger partial charge in [0.25, 0.3) is 0 Å². The van der Waals surface area contributed by atoms with Gasteiger partial charge >= 0.3 is 0 Å². The van der Waals surface area contributed by atoms with Gasteiger partial charge in [-0.25, -0.2) is 4.39 Å². The number of benzene rings is 1. The molecule has 2 unspecified atom stereocenters. The number of hydrogen-bond donors (Lipinski definition) is 2. The first kappa shape index (κ1) is 14.5. The molecule has 1 saturated heterocycles. The number of nitrogens with one attached hydrogen (secondary N) is 2. The van der Waals surface area contributed by atoms with Crippen LogP contribution in [0.4, 0.5) is 4.39 Å². The zero-order valence-electron chi connectivity index (χ0n) is 12.3. The van der Waals surface area contributed by atoms with Crippen molar-refractivity contribution in [1.82, 2.24) is 10.6 Å². The monoisotopic (exact) mass is 290 g/mol. The molecule has 2 fully saturated rings. The second-order valence-electron chi connectivity index (χ2n) is 6.28. The van der Waals surface area contributed by atoms with Crippen molar-refractivity contribution in [2.24, 2.45) is 11.8 Å². The normalized spacial score (nSPS) is 24.1. The third kappa shape index (κ3) is 3.43. The van der Waals surface area contributed by atoms with Crippen molar-refractivity contribution in [3.05, 3.63) is 35.6 Å². The predicted octanol–water partition coefficient (Wildman–Crippen LogP) is 2.78. The first-order chi connectivity index (χ1) is 10.2. The van der Waals surface area contributed by atoms with Gasteiger partial charge in [0.1, 0.15) is 5.82 Å². The number of hydrogen-bond acceptors (Lipinski definition) is 2. The molecule has 1 heterocycles. The molecule has 1 aliphatic carbocycles. The van der Waals surface area contributed by atoms with E-state index in [1.807, 2.05) is 6.07 Å². The maximum absolute atomic E-state index is 13.5. The Kier molecular flexibility index (Phi) is 4.54. The summed E-state index contributed by atoms with van der Waals surface area (Å²) >= 11 is 0. The standard InChI is InChI=1S/C17H23FN2O/c18-15-7-3-6-13(10-15)16(12-4-1-2-5-12)20-17(21)14-8-9-19-11-14/h3,6-7,10,12,14,16,19H,1-2,4-5,8-9,11H2,(H,20,21). The average Bonchev–Trinajstić information content (AvgIpc) is 3.17. The fourth-order valence-electron chi connectivity index (χ4n) is 3.61. The summed E-state index contributed by atoms with van der Waals surface area (Å²) in [6.45, 7) is 1.67. The molecule has 0 aromatic heterocycles. The molecule has 4 heteroatoms. The van der Waals surface area contributed by atoms with E-state index in [0.29, 0.717) is 5.92 Å². The summed E-state index contributed by atoms with van der Waals surface area (Å²) in [7, 11) is 0. The van der Waals surface area contributed by atoms with Gasteiger partial charge in [0.15, 0.2) is 0 Å². The van der Waals surface area contributed by atoms with Crippen LogP contribution in [0.3, 0.4) is 0 Å². The van der Waals surface area contributed by atoms with E-state index in [9.17, 15) is 9.18 Å². The van der Waals surface area contributed by atoms with Gasteiger partial charge in [-0.1, -0.05) is 25.0 Å². The predicted molar refractivity (Wildman–Crippen MR) is 80.2 cm³/mol. The molecule has 3 rings (SSSR count). The molecular weight excluding hydrogens is 267 g/mol. The first-order valence-corrected chi connectivity index (χ1v) is 8.00. The minimum Gasteiger partial charge on any atom is -0.349 e. The molecule has 21 heavy (non-hydrogen) atoms. The van der Waals surface area contributed by atoms with E-state index < -0.39 is 0 Å². The molecule has 1 amide bonds. The van der Waals surface area contributed by atoms with Gasteiger partial charge in [0, 0.05) is 6.54 Å². The van der Waals surface area contributed by atoms with Crippen molar-refractivity contribution in [2.75, 3.05) is 13.1 Å². The lowest BCUT2D eigenvalue weighted by molar-refractivity contribution is -0.125. The minimum atomic E-state index is -0.229. The Hall–Kier alpha value is -1.42. The fraction of sp³-hybridized carbons (Fsp3) is 0.588. The number of amides is 1. The number of carbonyl (C=O) groups excluding carboxylic acids is 1. The SMILES string of the molecule is O=C(NC(c1cccc(F)c1)C1CCCC1)C1CCNC1. The number of rotatable bonds is 4. The van der Waals surface area contributed by atoms with E-state index in [1.54, 1.807) is 12.1 Å². The Balaban J connectivity index is 1.77. The molecule has 2 N–H and O–H groups in total. The number of carbonyl (C=O) groups is 1. The van der Waals surface area contributed by atoms with Crippen molar-refractivity contribution >= 4 is 5.91 Å². The van der Waals surface area contributed by atoms with E-state index in [0.717, 1.165) is 37.9 Å². The highest BCUT2D eigenvalue weighted by Crippen LogP contribution is 2.36. The first-order valence-electron chi connectivity index (χ1n) is 8.00. The van der Waals surface area contributed by atoms with Crippen LogP contribution < -0.4 is 10.6 Å². The van der Waals surface area contributed by atoms with Crippen LogP contribution >= 0.6 is 0 Å². The molecule has 1 aromatic rings. The van der Waals surface area contributed by atoms with Crippen LogP contribution in [-0.4, -0.2) is 19.0 Å². The Morgan fingerprint density at radius 2 is 2.10 bits per heavy atom. The van der Waals surface area contributed by atoms with Crippen molar-refractivity contribution < 1.29 is 9.18 Å². The van der Waals surface area contributed by atoms with Gasteiger partial charge in [-0.05, 0) is 49.4 Å². The van der Waals surface area contributed by atoms with Crippen LogP contribution in [0.2, 0.25) is 0 Å². The zero-order chi connectivity index (χ0) is 14.7. The lowest BCUT2D eigenvalue weighted by atomic mass is 9.91. The van der Waals surface area contributed by atoms with E-state index in [-0.39, 0.29) is 23.7 Å². The summed E-state index contributed by atoms with van der Waals surface area (Å²) in [5.41, 5.74) is 0.904. The van der Waals surface area contributed by atoms with Crippen molar-refractivity contribution in [1.29, 1.82) is 0 Å². The second kappa shape index (κ2) is 6.56. The summed E-state index contributed by atoms with van der Waals surface area (Å²) in [6.07, 6.45) is 5.54. The van der Waals surface area contributed by atoms with E-state index in [1.165, 1.54) is 18.9 Å². The van der Waals surface area contributed by atoms with Crippen molar-refractivity contribution in [3.8, 4) is 0 Å². The highest BCUT2D eigenvalue weighted by Gasteiger charge is 2.31. The van der Waals surface area contributed by atoms with Gasteiger partial charge in [0.05, 0.1) is 12.0 Å². The van der Waals surface area contributed by atoms with Crippen LogP contribution in [0.5, 0.6) is 0 Å². The highest BCUT2D eigenvalue weighted by molar-refractivity contribution is 5.79. The summed E-state index contributed by atoms with van der Waals surface area (Å²) < 4.78 is 13.5. The van der Waals surface area contributed by atoms with Crippen molar-refractivity contribution in [3.63, 3.8) is 0 Å². The third-order valence-electron chi connectivity index (χ3n) is 4.81.